The van der Waals surface area contributed by atoms with Crippen LogP contribution in [0.15, 0.2) is 0 Å². The molecule has 21 heavy (non-hydrogen) atoms. The van der Waals surface area contributed by atoms with E-state index in [0.717, 1.165) is 58.8 Å². The van der Waals surface area contributed by atoms with Crippen LogP contribution in [0, 0.1) is 5.92 Å². The van der Waals surface area contributed by atoms with Gasteiger partial charge in [-0.3, -0.25) is 9.69 Å². The van der Waals surface area contributed by atoms with E-state index in [1.165, 1.54) is 12.8 Å². The van der Waals surface area contributed by atoms with Crippen LogP contribution in [0.5, 0.6) is 0 Å². The predicted octanol–water partition coefficient (Wildman–Crippen LogP) is 0.472. The summed E-state index contributed by atoms with van der Waals surface area (Å²) in [5, 5.41) is 3.48. The van der Waals surface area contributed by atoms with Crippen molar-refractivity contribution in [1.82, 2.24) is 20.0 Å². The maximum atomic E-state index is 12.5. The molecule has 0 saturated carbocycles. The van der Waals surface area contributed by atoms with E-state index in [9.17, 15) is 4.79 Å². The van der Waals surface area contributed by atoms with E-state index in [2.05, 4.69) is 29.1 Å². The zero-order valence-electron chi connectivity index (χ0n) is 13.8. The Kier molecular flexibility index (Phi) is 6.93. The van der Waals surface area contributed by atoms with Gasteiger partial charge in [0.05, 0.1) is 6.54 Å². The van der Waals surface area contributed by atoms with Crippen molar-refractivity contribution in [3.63, 3.8) is 0 Å². The number of hydrogen-bond acceptors (Lipinski definition) is 4. The van der Waals surface area contributed by atoms with Gasteiger partial charge in [0.2, 0.25) is 5.91 Å². The van der Waals surface area contributed by atoms with Crippen LogP contribution >= 0.6 is 0 Å². The van der Waals surface area contributed by atoms with Crippen molar-refractivity contribution in [3.8, 4) is 0 Å². The molecule has 1 N–H and O–H groups in total. The molecule has 0 aromatic carbocycles. The third-order valence-electron chi connectivity index (χ3n) is 4.67. The highest BCUT2D eigenvalue weighted by Crippen LogP contribution is 2.12. The maximum Gasteiger partial charge on any atom is 0.236 e. The molecule has 2 heterocycles. The monoisotopic (exact) mass is 296 g/mol. The number of carbonyl (C=O) groups excluding carboxylic acids is 1. The molecule has 0 aromatic rings. The predicted molar refractivity (Wildman–Crippen MR) is 86.4 cm³/mol. The van der Waals surface area contributed by atoms with Crippen molar-refractivity contribution in [1.29, 1.82) is 0 Å². The molecule has 2 rings (SSSR count). The van der Waals surface area contributed by atoms with Crippen LogP contribution in [-0.2, 0) is 4.79 Å². The molecule has 0 aliphatic carbocycles. The molecule has 1 atom stereocenters. The largest absolute Gasteiger partial charge is 0.339 e. The molecule has 2 aliphatic rings. The van der Waals surface area contributed by atoms with Crippen molar-refractivity contribution in [3.05, 3.63) is 0 Å². The van der Waals surface area contributed by atoms with Crippen LogP contribution in [0.25, 0.3) is 0 Å². The van der Waals surface area contributed by atoms with E-state index in [1.54, 1.807) is 0 Å². The number of nitrogens with one attached hydrogen (secondary N) is 1. The van der Waals surface area contributed by atoms with Gasteiger partial charge in [0, 0.05) is 32.7 Å². The number of rotatable bonds is 6. The summed E-state index contributed by atoms with van der Waals surface area (Å²) in [4.78, 5) is 19.2. The Morgan fingerprint density at radius 2 is 2.05 bits per heavy atom. The average Bonchev–Trinajstić information content (AvgIpc) is 2.49. The van der Waals surface area contributed by atoms with E-state index >= 15 is 0 Å². The van der Waals surface area contributed by atoms with Crippen LogP contribution in [0.2, 0.25) is 0 Å². The SMILES string of the molecule is CCCN(CC(=O)N1CCN(C)CC1)CC1CCCNC1. The third-order valence-corrected chi connectivity index (χ3v) is 4.67. The molecule has 122 valence electrons. The molecule has 1 unspecified atom stereocenters. The molecule has 0 spiro atoms. The van der Waals surface area contributed by atoms with E-state index in [4.69, 9.17) is 0 Å². The summed E-state index contributed by atoms with van der Waals surface area (Å²) in [5.74, 6) is 1.03. The number of nitrogens with zero attached hydrogens (tertiary/aromatic N) is 3. The van der Waals surface area contributed by atoms with E-state index < -0.39 is 0 Å². The lowest BCUT2D eigenvalue weighted by molar-refractivity contribution is -0.134. The molecule has 0 bridgehead atoms. The number of piperazine rings is 1. The average molecular weight is 296 g/mol. The van der Waals surface area contributed by atoms with Crippen LogP contribution < -0.4 is 5.32 Å². The molecule has 0 radical (unpaired) electrons. The Hall–Kier alpha value is -0.650. The molecule has 5 nitrogen and oxygen atoms in total. The van der Waals surface area contributed by atoms with Gasteiger partial charge < -0.3 is 15.1 Å². The number of hydrogen-bond donors (Lipinski definition) is 1. The number of piperidine rings is 1. The zero-order valence-corrected chi connectivity index (χ0v) is 13.8. The first-order valence-corrected chi connectivity index (χ1v) is 8.58. The summed E-state index contributed by atoms with van der Waals surface area (Å²) in [6.45, 7) is 11.0. The van der Waals surface area contributed by atoms with Gasteiger partial charge in [-0.2, -0.15) is 0 Å². The first kappa shape index (κ1) is 16.7. The smallest absolute Gasteiger partial charge is 0.236 e. The van der Waals surface area contributed by atoms with Gasteiger partial charge in [-0.25, -0.2) is 0 Å². The first-order chi connectivity index (χ1) is 10.2. The van der Waals surface area contributed by atoms with Crippen LogP contribution in [0.4, 0.5) is 0 Å². The van der Waals surface area contributed by atoms with E-state index in [1.807, 2.05) is 4.90 Å². The summed E-state index contributed by atoms with van der Waals surface area (Å²) in [6.07, 6.45) is 3.70. The molecular formula is C16H32N4O. The van der Waals surface area contributed by atoms with Gasteiger partial charge in [-0.1, -0.05) is 6.92 Å². The Morgan fingerprint density at radius 1 is 1.29 bits per heavy atom. The number of likely N-dealkylation sites (N-methyl/N-ethyl adjacent to an activating group) is 1. The summed E-state index contributed by atoms with van der Waals surface area (Å²) in [7, 11) is 2.13. The Bertz CT molecular complexity index is 309. The fourth-order valence-electron chi connectivity index (χ4n) is 3.34. The minimum atomic E-state index is 0.320. The second-order valence-electron chi connectivity index (χ2n) is 6.63. The Morgan fingerprint density at radius 3 is 2.67 bits per heavy atom. The summed E-state index contributed by atoms with van der Waals surface area (Å²) < 4.78 is 0. The van der Waals surface area contributed by atoms with Gasteiger partial charge in [-0.05, 0) is 51.9 Å². The van der Waals surface area contributed by atoms with Crippen molar-refractivity contribution < 1.29 is 4.79 Å². The van der Waals surface area contributed by atoms with Crippen LogP contribution in [0.3, 0.4) is 0 Å². The lowest BCUT2D eigenvalue weighted by atomic mass is 9.99. The quantitative estimate of drug-likeness (QED) is 0.773. The van der Waals surface area contributed by atoms with Gasteiger partial charge >= 0.3 is 0 Å². The summed E-state index contributed by atoms with van der Waals surface area (Å²) in [5.41, 5.74) is 0. The molecular weight excluding hydrogens is 264 g/mol. The van der Waals surface area contributed by atoms with Gasteiger partial charge in [0.1, 0.15) is 0 Å². The highest BCUT2D eigenvalue weighted by atomic mass is 16.2. The Balaban J connectivity index is 1.79. The highest BCUT2D eigenvalue weighted by molar-refractivity contribution is 5.78. The van der Waals surface area contributed by atoms with Gasteiger partial charge in [-0.15, -0.1) is 0 Å². The molecule has 0 aromatic heterocycles. The third kappa shape index (κ3) is 5.57. The van der Waals surface area contributed by atoms with Crippen LogP contribution in [0.1, 0.15) is 26.2 Å². The van der Waals surface area contributed by atoms with Crippen molar-refractivity contribution in [2.75, 3.05) is 66.0 Å². The maximum absolute atomic E-state index is 12.5. The van der Waals surface area contributed by atoms with Crippen molar-refractivity contribution in [2.24, 2.45) is 5.92 Å². The van der Waals surface area contributed by atoms with E-state index in [0.29, 0.717) is 18.4 Å². The van der Waals surface area contributed by atoms with Crippen molar-refractivity contribution >= 4 is 5.91 Å². The molecule has 5 heteroatoms. The lowest BCUT2D eigenvalue weighted by Crippen LogP contribution is -2.51. The van der Waals surface area contributed by atoms with E-state index in [-0.39, 0.29) is 0 Å². The highest BCUT2D eigenvalue weighted by Gasteiger charge is 2.23. The normalized spacial score (nSPS) is 24.5. The Labute approximate surface area is 129 Å². The van der Waals surface area contributed by atoms with Crippen molar-refractivity contribution in [2.45, 2.75) is 26.2 Å². The second kappa shape index (κ2) is 8.71. The van der Waals surface area contributed by atoms with Crippen LogP contribution in [-0.4, -0.2) is 86.6 Å². The van der Waals surface area contributed by atoms with Gasteiger partial charge in [0.25, 0.3) is 0 Å². The zero-order chi connectivity index (χ0) is 15.1. The van der Waals surface area contributed by atoms with Gasteiger partial charge in [0.15, 0.2) is 0 Å². The molecule has 2 aliphatic heterocycles. The first-order valence-electron chi connectivity index (χ1n) is 8.58. The standard InChI is InChI=1S/C16H32N4O/c1-3-7-19(13-15-5-4-6-17-12-15)14-16(21)20-10-8-18(2)9-11-20/h15,17H,3-14H2,1-2H3. The minimum absolute atomic E-state index is 0.320. The minimum Gasteiger partial charge on any atom is -0.339 e. The number of carbonyl (C=O) groups is 1. The summed E-state index contributed by atoms with van der Waals surface area (Å²) in [6, 6.07) is 0. The molecule has 1 amide bonds. The number of amides is 1. The fraction of sp³-hybridized carbons (Fsp3) is 0.938. The topological polar surface area (TPSA) is 38.8 Å². The lowest BCUT2D eigenvalue weighted by Gasteiger charge is -2.35. The second-order valence-corrected chi connectivity index (χ2v) is 6.63. The molecule has 2 saturated heterocycles. The fourth-order valence-corrected chi connectivity index (χ4v) is 3.34. The summed E-state index contributed by atoms with van der Waals surface area (Å²) >= 11 is 0. The molecule has 2 fully saturated rings.